The van der Waals surface area contributed by atoms with E-state index in [2.05, 4.69) is 5.32 Å². The number of benzene rings is 1. The predicted octanol–water partition coefficient (Wildman–Crippen LogP) is 0.461. The van der Waals surface area contributed by atoms with E-state index in [1.165, 1.54) is 0 Å². The highest BCUT2D eigenvalue weighted by Gasteiger charge is 2.06. The molecular weight excluding hydrogens is 214 g/mol. The van der Waals surface area contributed by atoms with Crippen molar-refractivity contribution in [1.29, 1.82) is 0 Å². The fourth-order valence-electron chi connectivity index (χ4n) is 1.04. The summed E-state index contributed by atoms with van der Waals surface area (Å²) in [5.41, 5.74) is 0.533. The first-order valence-electron chi connectivity index (χ1n) is 4.50. The lowest BCUT2D eigenvalue weighted by molar-refractivity contribution is 0.0956. The molecule has 15 heavy (non-hydrogen) atoms. The van der Waals surface area contributed by atoms with E-state index >= 15 is 0 Å². The van der Waals surface area contributed by atoms with Crippen LogP contribution in [0.1, 0.15) is 10.4 Å². The van der Waals surface area contributed by atoms with Crippen LogP contribution in [0.4, 0.5) is 0 Å². The largest absolute Gasteiger partial charge is 0.351 e. The fraction of sp³-hybridized carbons (Fsp3) is 0.300. The molecule has 0 aliphatic heterocycles. The molecule has 0 atom stereocenters. The van der Waals surface area contributed by atoms with Gasteiger partial charge in [0.1, 0.15) is 9.84 Å². The van der Waals surface area contributed by atoms with Gasteiger partial charge in [-0.15, -0.1) is 0 Å². The average molecular weight is 227 g/mol. The second kappa shape index (κ2) is 4.93. The Morgan fingerprint density at radius 1 is 1.27 bits per heavy atom. The van der Waals surface area contributed by atoms with Crippen molar-refractivity contribution in [2.75, 3.05) is 18.6 Å². The van der Waals surface area contributed by atoms with Crippen molar-refractivity contribution in [3.63, 3.8) is 0 Å². The van der Waals surface area contributed by atoms with Crippen LogP contribution in [0.15, 0.2) is 30.3 Å². The van der Waals surface area contributed by atoms with Crippen molar-refractivity contribution in [2.45, 2.75) is 0 Å². The van der Waals surface area contributed by atoms with Crippen LogP contribution in [0.3, 0.4) is 0 Å². The van der Waals surface area contributed by atoms with Gasteiger partial charge in [0.2, 0.25) is 0 Å². The third kappa shape index (κ3) is 4.60. The summed E-state index contributed by atoms with van der Waals surface area (Å²) in [5, 5.41) is 2.54. The van der Waals surface area contributed by atoms with Crippen LogP contribution < -0.4 is 5.32 Å². The summed E-state index contributed by atoms with van der Waals surface area (Å²) in [6.45, 7) is 0.145. The lowest BCUT2D eigenvalue weighted by atomic mass is 10.2. The molecule has 0 fully saturated rings. The smallest absolute Gasteiger partial charge is 0.251 e. The van der Waals surface area contributed by atoms with Crippen molar-refractivity contribution < 1.29 is 13.2 Å². The average Bonchev–Trinajstić information content (AvgIpc) is 2.17. The van der Waals surface area contributed by atoms with Gasteiger partial charge in [-0.25, -0.2) is 8.42 Å². The second-order valence-corrected chi connectivity index (χ2v) is 5.51. The molecule has 1 amide bonds. The zero-order valence-electron chi connectivity index (χ0n) is 8.43. The number of carbonyl (C=O) groups excluding carboxylic acids is 1. The number of hydrogen-bond donors (Lipinski definition) is 1. The summed E-state index contributed by atoms with van der Waals surface area (Å²) in [5.74, 6) is -0.287. The van der Waals surface area contributed by atoms with Crippen LogP contribution in [0.25, 0.3) is 0 Å². The summed E-state index contributed by atoms with van der Waals surface area (Å²) >= 11 is 0. The minimum absolute atomic E-state index is 0.0361. The molecular formula is C10H13NO3S. The Labute approximate surface area is 89.2 Å². The van der Waals surface area contributed by atoms with E-state index < -0.39 is 9.84 Å². The molecule has 0 heterocycles. The molecule has 0 spiro atoms. The van der Waals surface area contributed by atoms with Gasteiger partial charge in [0.25, 0.3) is 5.91 Å². The fourth-order valence-corrected chi connectivity index (χ4v) is 1.51. The first kappa shape index (κ1) is 11.7. The molecule has 0 aromatic heterocycles. The molecule has 1 rings (SSSR count). The highest BCUT2D eigenvalue weighted by molar-refractivity contribution is 7.90. The van der Waals surface area contributed by atoms with Crippen LogP contribution in [-0.4, -0.2) is 32.9 Å². The van der Waals surface area contributed by atoms with Crippen molar-refractivity contribution in [2.24, 2.45) is 0 Å². The molecule has 0 saturated heterocycles. The molecule has 0 bridgehead atoms. The van der Waals surface area contributed by atoms with Crippen molar-refractivity contribution >= 4 is 15.7 Å². The lowest BCUT2D eigenvalue weighted by Crippen LogP contribution is -2.28. The molecule has 0 saturated carbocycles. The van der Waals surface area contributed by atoms with Crippen LogP contribution in [0, 0.1) is 0 Å². The van der Waals surface area contributed by atoms with Crippen molar-refractivity contribution in [1.82, 2.24) is 5.32 Å². The van der Waals surface area contributed by atoms with E-state index in [1.807, 2.05) is 6.07 Å². The molecule has 0 radical (unpaired) electrons. The van der Waals surface area contributed by atoms with Gasteiger partial charge in [-0.2, -0.15) is 0 Å². The van der Waals surface area contributed by atoms with E-state index in [9.17, 15) is 13.2 Å². The molecule has 1 aromatic rings. The summed E-state index contributed by atoms with van der Waals surface area (Å²) in [6.07, 6.45) is 1.14. The van der Waals surface area contributed by atoms with Crippen LogP contribution in [-0.2, 0) is 9.84 Å². The van der Waals surface area contributed by atoms with E-state index in [-0.39, 0.29) is 18.2 Å². The molecule has 1 aromatic carbocycles. The summed E-state index contributed by atoms with van der Waals surface area (Å²) in [4.78, 5) is 11.4. The molecule has 1 N–H and O–H groups in total. The molecule has 0 aliphatic carbocycles. The third-order valence-corrected chi connectivity index (χ3v) is 2.74. The SMILES string of the molecule is CS(=O)(=O)CCNC(=O)c1ccccc1. The van der Waals surface area contributed by atoms with Crippen molar-refractivity contribution in [3.05, 3.63) is 35.9 Å². The Morgan fingerprint density at radius 2 is 1.87 bits per heavy atom. The maximum absolute atomic E-state index is 11.4. The Kier molecular flexibility index (Phi) is 3.85. The Morgan fingerprint density at radius 3 is 2.40 bits per heavy atom. The monoisotopic (exact) mass is 227 g/mol. The normalized spacial score (nSPS) is 11.0. The number of hydrogen-bond acceptors (Lipinski definition) is 3. The molecule has 82 valence electrons. The summed E-state index contributed by atoms with van der Waals surface area (Å²) in [6, 6.07) is 8.68. The number of carbonyl (C=O) groups is 1. The summed E-state index contributed by atoms with van der Waals surface area (Å²) in [7, 11) is -3.02. The first-order chi connectivity index (χ1) is 6.99. The highest BCUT2D eigenvalue weighted by Crippen LogP contribution is 1.97. The van der Waals surface area contributed by atoms with Gasteiger partial charge in [0.15, 0.2) is 0 Å². The van der Waals surface area contributed by atoms with Crippen LogP contribution >= 0.6 is 0 Å². The predicted molar refractivity (Wildman–Crippen MR) is 58.5 cm³/mol. The molecule has 0 unspecified atom stereocenters. The zero-order chi connectivity index (χ0) is 11.3. The van der Waals surface area contributed by atoms with E-state index in [0.29, 0.717) is 5.56 Å². The molecule has 4 nitrogen and oxygen atoms in total. The minimum Gasteiger partial charge on any atom is -0.351 e. The first-order valence-corrected chi connectivity index (χ1v) is 6.56. The zero-order valence-corrected chi connectivity index (χ0v) is 9.25. The van der Waals surface area contributed by atoms with Crippen LogP contribution in [0.2, 0.25) is 0 Å². The van der Waals surface area contributed by atoms with Crippen LogP contribution in [0.5, 0.6) is 0 Å². The van der Waals surface area contributed by atoms with Crippen molar-refractivity contribution in [3.8, 4) is 0 Å². The summed E-state index contributed by atoms with van der Waals surface area (Å²) < 4.78 is 21.6. The maximum atomic E-state index is 11.4. The standard InChI is InChI=1S/C10H13NO3S/c1-15(13,14)8-7-11-10(12)9-5-3-2-4-6-9/h2-6H,7-8H2,1H3,(H,11,12). The Hall–Kier alpha value is -1.36. The van der Waals surface area contributed by atoms with Gasteiger partial charge in [-0.05, 0) is 12.1 Å². The third-order valence-electron chi connectivity index (χ3n) is 1.79. The second-order valence-electron chi connectivity index (χ2n) is 3.25. The number of sulfone groups is 1. The Bertz CT molecular complexity index is 425. The van der Waals surface area contributed by atoms with E-state index in [1.54, 1.807) is 24.3 Å². The minimum atomic E-state index is -3.02. The van der Waals surface area contributed by atoms with Gasteiger partial charge >= 0.3 is 0 Å². The van der Waals surface area contributed by atoms with Gasteiger partial charge in [-0.1, -0.05) is 18.2 Å². The lowest BCUT2D eigenvalue weighted by Gasteiger charge is -2.03. The number of amides is 1. The van der Waals surface area contributed by atoms with E-state index in [4.69, 9.17) is 0 Å². The van der Waals surface area contributed by atoms with Gasteiger partial charge in [0.05, 0.1) is 5.75 Å². The van der Waals surface area contributed by atoms with Gasteiger partial charge in [0, 0.05) is 18.4 Å². The Balaban J connectivity index is 2.45. The van der Waals surface area contributed by atoms with Gasteiger partial charge < -0.3 is 5.32 Å². The van der Waals surface area contributed by atoms with Gasteiger partial charge in [-0.3, -0.25) is 4.79 Å². The molecule has 5 heteroatoms. The quantitative estimate of drug-likeness (QED) is 0.812. The molecule has 0 aliphatic rings. The number of rotatable bonds is 4. The highest BCUT2D eigenvalue weighted by atomic mass is 32.2. The van der Waals surface area contributed by atoms with E-state index in [0.717, 1.165) is 6.26 Å². The maximum Gasteiger partial charge on any atom is 0.251 e. The topological polar surface area (TPSA) is 63.2 Å². The number of nitrogens with one attached hydrogen (secondary N) is 1.